The second-order valence-corrected chi connectivity index (χ2v) is 9.17. The molecule has 0 aliphatic rings. The minimum atomic E-state index is -0.182. The van der Waals surface area contributed by atoms with Crippen LogP contribution >= 0.6 is 11.8 Å². The summed E-state index contributed by atoms with van der Waals surface area (Å²) in [4.78, 5) is 17.1. The topological polar surface area (TPSA) is 91.2 Å². The summed E-state index contributed by atoms with van der Waals surface area (Å²) in [5.74, 6) is 2.51. The van der Waals surface area contributed by atoms with E-state index >= 15 is 0 Å². The molecule has 0 fully saturated rings. The standard InChI is InChI=1S/C29H25N5O3S/c1-36-24-14-12-23(13-15-24)31-28(35)21-8-5-7-20(17-21)19-38-29-33-32-27(22-9-6-16-30-18-22)34(29)25-10-3-4-11-26(25)37-2/h3-18H,19H2,1-2H3,(H,31,35). The van der Waals surface area contributed by atoms with Crippen LogP contribution in [0.3, 0.4) is 0 Å². The van der Waals surface area contributed by atoms with E-state index in [1.165, 1.54) is 11.8 Å². The SMILES string of the molecule is COc1ccc(NC(=O)c2cccc(CSc3nnc(-c4cccnc4)n3-c3ccccc3OC)c2)cc1. The summed E-state index contributed by atoms with van der Waals surface area (Å²) in [6.07, 6.45) is 3.48. The van der Waals surface area contributed by atoms with Gasteiger partial charge >= 0.3 is 0 Å². The Hall–Kier alpha value is -4.63. The van der Waals surface area contributed by atoms with E-state index in [1.807, 2.05) is 59.2 Å². The largest absolute Gasteiger partial charge is 0.497 e. The fourth-order valence-corrected chi connectivity index (χ4v) is 4.79. The molecule has 0 bridgehead atoms. The fourth-order valence-electron chi connectivity index (χ4n) is 3.90. The summed E-state index contributed by atoms with van der Waals surface area (Å²) in [7, 11) is 3.25. The molecule has 0 aliphatic carbocycles. The number of para-hydroxylation sites is 2. The van der Waals surface area contributed by atoms with Gasteiger partial charge < -0.3 is 14.8 Å². The molecule has 0 atom stereocenters. The minimum Gasteiger partial charge on any atom is -0.497 e. The van der Waals surface area contributed by atoms with Gasteiger partial charge in [0.15, 0.2) is 11.0 Å². The van der Waals surface area contributed by atoms with Crippen molar-refractivity contribution in [1.29, 1.82) is 0 Å². The first kappa shape index (κ1) is 25.0. The Labute approximate surface area is 224 Å². The molecular weight excluding hydrogens is 498 g/mol. The van der Waals surface area contributed by atoms with Gasteiger partial charge in [0.2, 0.25) is 0 Å². The molecule has 1 amide bonds. The van der Waals surface area contributed by atoms with Crippen LogP contribution in [0.25, 0.3) is 17.1 Å². The van der Waals surface area contributed by atoms with Gasteiger partial charge in [0, 0.05) is 35.0 Å². The summed E-state index contributed by atoms with van der Waals surface area (Å²) in [5.41, 5.74) is 3.92. The van der Waals surface area contributed by atoms with E-state index in [1.54, 1.807) is 56.9 Å². The van der Waals surface area contributed by atoms with E-state index in [0.717, 1.165) is 22.6 Å². The average molecular weight is 524 g/mol. The lowest BCUT2D eigenvalue weighted by atomic mass is 10.1. The van der Waals surface area contributed by atoms with Gasteiger partial charge in [0.1, 0.15) is 11.5 Å². The number of methoxy groups -OCH3 is 2. The highest BCUT2D eigenvalue weighted by Crippen LogP contribution is 2.33. The number of ether oxygens (including phenoxy) is 2. The summed E-state index contributed by atoms with van der Waals surface area (Å²) in [6, 6.07) is 26.3. The predicted octanol–water partition coefficient (Wildman–Crippen LogP) is 5.89. The number of hydrogen-bond acceptors (Lipinski definition) is 7. The zero-order chi connectivity index (χ0) is 26.3. The molecule has 8 nitrogen and oxygen atoms in total. The quantitative estimate of drug-likeness (QED) is 0.241. The summed E-state index contributed by atoms with van der Waals surface area (Å²) < 4.78 is 12.8. The number of anilines is 1. The number of rotatable bonds is 9. The van der Waals surface area contributed by atoms with Crippen LogP contribution in [-0.4, -0.2) is 39.9 Å². The molecule has 3 aromatic carbocycles. The van der Waals surface area contributed by atoms with Crippen molar-refractivity contribution in [3.05, 3.63) is 108 Å². The molecule has 0 aliphatic heterocycles. The monoisotopic (exact) mass is 523 g/mol. The van der Waals surface area contributed by atoms with Crippen LogP contribution in [0.2, 0.25) is 0 Å². The predicted molar refractivity (Wildman–Crippen MR) is 148 cm³/mol. The number of benzene rings is 3. The van der Waals surface area contributed by atoms with E-state index in [-0.39, 0.29) is 5.91 Å². The first-order valence-electron chi connectivity index (χ1n) is 11.8. The first-order chi connectivity index (χ1) is 18.7. The highest BCUT2D eigenvalue weighted by atomic mass is 32.2. The Morgan fingerprint density at radius 1 is 0.921 bits per heavy atom. The number of hydrogen-bond donors (Lipinski definition) is 1. The maximum atomic E-state index is 12.9. The van der Waals surface area contributed by atoms with Crippen LogP contribution in [0.1, 0.15) is 15.9 Å². The van der Waals surface area contributed by atoms with Gasteiger partial charge in [-0.25, -0.2) is 0 Å². The van der Waals surface area contributed by atoms with Gasteiger partial charge in [-0.2, -0.15) is 0 Å². The lowest BCUT2D eigenvalue weighted by Crippen LogP contribution is -2.12. The van der Waals surface area contributed by atoms with Gasteiger partial charge in [0.05, 0.1) is 19.9 Å². The van der Waals surface area contributed by atoms with E-state index < -0.39 is 0 Å². The molecule has 38 heavy (non-hydrogen) atoms. The molecule has 5 rings (SSSR count). The Morgan fingerprint density at radius 2 is 1.76 bits per heavy atom. The molecule has 0 spiro atoms. The maximum Gasteiger partial charge on any atom is 0.255 e. The maximum absolute atomic E-state index is 12.9. The molecule has 0 unspecified atom stereocenters. The van der Waals surface area contributed by atoms with Gasteiger partial charge in [-0.05, 0) is 66.2 Å². The van der Waals surface area contributed by atoms with Gasteiger partial charge in [-0.3, -0.25) is 14.3 Å². The highest BCUT2D eigenvalue weighted by Gasteiger charge is 2.19. The van der Waals surface area contributed by atoms with Crippen molar-refractivity contribution in [2.24, 2.45) is 0 Å². The number of thioether (sulfide) groups is 1. The lowest BCUT2D eigenvalue weighted by molar-refractivity contribution is 0.102. The lowest BCUT2D eigenvalue weighted by Gasteiger charge is -2.14. The van der Waals surface area contributed by atoms with Crippen LogP contribution in [0.5, 0.6) is 11.5 Å². The number of amides is 1. The van der Waals surface area contributed by atoms with Crippen LogP contribution in [0.4, 0.5) is 5.69 Å². The van der Waals surface area contributed by atoms with Crippen molar-refractivity contribution in [2.45, 2.75) is 10.9 Å². The second-order valence-electron chi connectivity index (χ2n) is 8.23. The number of carbonyl (C=O) groups is 1. The third-order valence-electron chi connectivity index (χ3n) is 5.78. The van der Waals surface area contributed by atoms with Gasteiger partial charge in [-0.15, -0.1) is 10.2 Å². The fraction of sp³-hybridized carbons (Fsp3) is 0.103. The normalized spacial score (nSPS) is 10.7. The molecule has 2 heterocycles. The number of nitrogens with one attached hydrogen (secondary N) is 1. The van der Waals surface area contributed by atoms with Crippen molar-refractivity contribution in [3.63, 3.8) is 0 Å². The third-order valence-corrected chi connectivity index (χ3v) is 6.78. The van der Waals surface area contributed by atoms with Gasteiger partial charge in [0.25, 0.3) is 5.91 Å². The van der Waals surface area contributed by atoms with Crippen LogP contribution in [0.15, 0.2) is 102 Å². The minimum absolute atomic E-state index is 0.182. The van der Waals surface area contributed by atoms with Crippen molar-refractivity contribution in [3.8, 4) is 28.6 Å². The molecule has 5 aromatic rings. The molecule has 0 saturated carbocycles. The van der Waals surface area contributed by atoms with Crippen LogP contribution in [0, 0.1) is 0 Å². The van der Waals surface area contributed by atoms with Gasteiger partial charge in [-0.1, -0.05) is 36.0 Å². The van der Waals surface area contributed by atoms with E-state index in [2.05, 4.69) is 20.5 Å². The Balaban J connectivity index is 1.39. The molecular formula is C29H25N5O3S. The summed E-state index contributed by atoms with van der Waals surface area (Å²) in [5, 5.41) is 12.6. The van der Waals surface area contributed by atoms with E-state index in [9.17, 15) is 4.79 Å². The highest BCUT2D eigenvalue weighted by molar-refractivity contribution is 7.98. The summed E-state index contributed by atoms with van der Waals surface area (Å²) >= 11 is 1.53. The van der Waals surface area contributed by atoms with Crippen molar-refractivity contribution in [1.82, 2.24) is 19.7 Å². The molecule has 9 heteroatoms. The first-order valence-corrected chi connectivity index (χ1v) is 12.8. The number of nitrogens with zero attached hydrogens (tertiary/aromatic N) is 4. The van der Waals surface area contributed by atoms with Crippen molar-refractivity contribution >= 4 is 23.4 Å². The van der Waals surface area contributed by atoms with E-state index in [4.69, 9.17) is 9.47 Å². The Kier molecular flexibility index (Phi) is 7.65. The molecule has 190 valence electrons. The Morgan fingerprint density at radius 3 is 2.53 bits per heavy atom. The second kappa shape index (κ2) is 11.6. The average Bonchev–Trinajstić information content (AvgIpc) is 3.41. The molecule has 1 N–H and O–H groups in total. The van der Waals surface area contributed by atoms with Crippen LogP contribution in [-0.2, 0) is 5.75 Å². The molecule has 2 aromatic heterocycles. The third kappa shape index (κ3) is 5.52. The van der Waals surface area contributed by atoms with E-state index in [0.29, 0.717) is 33.7 Å². The Bertz CT molecular complexity index is 1540. The summed E-state index contributed by atoms with van der Waals surface area (Å²) in [6.45, 7) is 0. The molecule has 0 radical (unpaired) electrons. The smallest absolute Gasteiger partial charge is 0.255 e. The zero-order valence-corrected chi connectivity index (χ0v) is 21.7. The number of pyridine rings is 1. The van der Waals surface area contributed by atoms with Crippen LogP contribution < -0.4 is 14.8 Å². The molecule has 0 saturated heterocycles. The zero-order valence-electron chi connectivity index (χ0n) is 20.9. The number of aromatic nitrogens is 4. The number of carbonyl (C=O) groups excluding carboxylic acids is 1. The van der Waals surface area contributed by atoms with Crippen molar-refractivity contribution < 1.29 is 14.3 Å². The van der Waals surface area contributed by atoms with Crippen molar-refractivity contribution in [2.75, 3.05) is 19.5 Å².